The molecule has 7 aromatic carbocycles. The van der Waals surface area contributed by atoms with Crippen molar-refractivity contribution >= 4 is 63.7 Å². The zero-order chi connectivity index (χ0) is 33.4. The Labute approximate surface area is 332 Å². The quantitative estimate of drug-likeness (QED) is 0.0635. The number of rotatable bonds is 8. The van der Waals surface area contributed by atoms with Crippen molar-refractivity contribution in [1.82, 2.24) is 0 Å². The van der Waals surface area contributed by atoms with Gasteiger partial charge in [0.15, 0.2) is 0 Å². The monoisotopic (exact) mass is 924 g/mol. The van der Waals surface area contributed by atoms with Gasteiger partial charge < -0.3 is 12.4 Å². The van der Waals surface area contributed by atoms with Crippen LogP contribution >= 0.6 is 42.9 Å². The number of alkyl halides is 2. The zero-order valence-corrected chi connectivity index (χ0v) is 33.5. The van der Waals surface area contributed by atoms with E-state index in [-0.39, 0.29) is 37.9 Å². The minimum absolute atomic E-state index is 0. The average molecular weight is 925 g/mol. The standard InChI is InChI=1S/C25H18S.C18H15P.CH2Cl2.ClH.Ir/c1-19(20-11-5-2-6-12-20)26-25-18-23(21-13-7-3-8-14-21)17-24(25)22-15-9-4-10-16-22;1-4-10-16(11-5-1)19(17-12-6-2-7-13-17)18-14-8-3-9-15-18;2-1-3;;/h1-18H;1-15H;1H2;1H;/q-2;;;;+3/p-1. The number of thioether (sulfide) groups is 1. The summed E-state index contributed by atoms with van der Waals surface area (Å²) >= 11 is 11.2. The number of halogens is 3. The van der Waals surface area contributed by atoms with E-state index in [1.165, 1.54) is 43.1 Å². The Morgan fingerprint density at radius 2 is 0.900 bits per heavy atom. The van der Waals surface area contributed by atoms with E-state index < -0.39 is 7.92 Å². The van der Waals surface area contributed by atoms with Crippen LogP contribution in [0.15, 0.2) is 199 Å². The summed E-state index contributed by atoms with van der Waals surface area (Å²) in [6, 6.07) is 67.9. The molecule has 50 heavy (non-hydrogen) atoms. The normalized spacial score (nSPS) is 9.90. The van der Waals surface area contributed by atoms with Gasteiger partial charge in [-0.15, -0.1) is 82.5 Å². The van der Waals surface area contributed by atoms with E-state index >= 15 is 0 Å². The maximum Gasteiger partial charge on any atom is 3.00 e. The van der Waals surface area contributed by atoms with Crippen LogP contribution in [-0.2, 0) is 20.1 Å². The van der Waals surface area contributed by atoms with Crippen molar-refractivity contribution in [3.8, 4) is 22.3 Å². The third kappa shape index (κ3) is 11.9. The van der Waals surface area contributed by atoms with Gasteiger partial charge >= 0.3 is 20.1 Å². The van der Waals surface area contributed by atoms with Gasteiger partial charge in [-0.25, -0.2) is 0 Å². The van der Waals surface area contributed by atoms with E-state index in [4.69, 9.17) is 29.8 Å². The molecule has 0 fully saturated rings. The fourth-order valence-corrected chi connectivity index (χ4v) is 8.44. The second-order valence-electron chi connectivity index (χ2n) is 10.5. The molecule has 0 unspecified atom stereocenters. The molecule has 0 aliphatic rings. The van der Waals surface area contributed by atoms with Crippen LogP contribution in [-0.4, -0.2) is 5.34 Å². The molecule has 7 rings (SSSR count). The Morgan fingerprint density at radius 3 is 1.32 bits per heavy atom. The molecule has 0 N–H and O–H groups in total. The summed E-state index contributed by atoms with van der Waals surface area (Å²) < 4.78 is 0. The Morgan fingerprint density at radius 1 is 0.540 bits per heavy atom. The van der Waals surface area contributed by atoms with Gasteiger partial charge in [0.25, 0.3) is 0 Å². The largest absolute Gasteiger partial charge is 3.00 e. The Kier molecular flexibility index (Phi) is 18.5. The molecule has 0 amide bonds. The molecule has 0 aromatic heterocycles. The summed E-state index contributed by atoms with van der Waals surface area (Å²) in [5, 5.41) is 4.39. The summed E-state index contributed by atoms with van der Waals surface area (Å²) in [7, 11) is -0.446. The average Bonchev–Trinajstić information content (AvgIpc) is 3.58. The summed E-state index contributed by atoms with van der Waals surface area (Å²) in [6.45, 7) is 6.40. The van der Waals surface area contributed by atoms with Crippen molar-refractivity contribution in [3.05, 3.63) is 206 Å². The molecule has 0 aliphatic carbocycles. The third-order valence-corrected chi connectivity index (χ3v) is 10.8. The predicted molar refractivity (Wildman–Crippen MR) is 215 cm³/mol. The molecule has 0 nitrogen and oxygen atoms in total. The van der Waals surface area contributed by atoms with E-state index in [1.54, 1.807) is 11.8 Å². The molecule has 0 heterocycles. The van der Waals surface area contributed by atoms with Gasteiger partial charge in [0.2, 0.25) is 0 Å². The van der Waals surface area contributed by atoms with Crippen LogP contribution in [0.25, 0.3) is 27.2 Å². The minimum atomic E-state index is -0.446. The summed E-state index contributed by atoms with van der Waals surface area (Å²) in [4.78, 5) is 1.99. The third-order valence-electron chi connectivity index (χ3n) is 7.37. The molecular weight excluding hydrogens is 890 g/mol. The molecule has 0 saturated carbocycles. The molecule has 252 valence electrons. The first-order valence-electron chi connectivity index (χ1n) is 15.5. The molecule has 0 atom stereocenters. The van der Waals surface area contributed by atoms with Crippen LogP contribution in [0.4, 0.5) is 0 Å². The maximum absolute atomic E-state index is 6.40. The number of hydrogen-bond acceptors (Lipinski definition) is 1. The van der Waals surface area contributed by atoms with Crippen LogP contribution in [0, 0.1) is 6.58 Å². The van der Waals surface area contributed by atoms with Gasteiger partial charge in [0.1, 0.15) is 0 Å². The van der Waals surface area contributed by atoms with Gasteiger partial charge in [-0.05, 0) is 23.8 Å². The van der Waals surface area contributed by atoms with Crippen molar-refractivity contribution in [2.24, 2.45) is 0 Å². The smallest absolute Gasteiger partial charge is 1.00 e. The topological polar surface area (TPSA) is 0 Å². The van der Waals surface area contributed by atoms with E-state index in [2.05, 4.69) is 152 Å². The predicted octanol–water partition coefficient (Wildman–Crippen LogP) is 9.17. The van der Waals surface area contributed by atoms with Crippen LogP contribution in [0.1, 0.15) is 5.56 Å². The Bertz CT molecular complexity index is 1840. The van der Waals surface area contributed by atoms with Gasteiger partial charge in [0, 0.05) is 0 Å². The van der Waals surface area contributed by atoms with E-state index in [1.807, 2.05) is 42.5 Å². The second-order valence-corrected chi connectivity index (χ2v) is 14.6. The Hall–Kier alpha value is -3.29. The second kappa shape index (κ2) is 22.5. The molecule has 0 aliphatic heterocycles. The minimum Gasteiger partial charge on any atom is -1.00 e. The zero-order valence-electron chi connectivity index (χ0n) is 27.1. The van der Waals surface area contributed by atoms with Crippen LogP contribution in [0.2, 0.25) is 0 Å². The molecule has 0 spiro atoms. The summed E-state index contributed by atoms with van der Waals surface area (Å²) in [5.41, 5.74) is 5.91. The Balaban J connectivity index is 0.000000251. The molecular formula is C44H35Cl3IrPS. The van der Waals surface area contributed by atoms with Crippen LogP contribution in [0.5, 0.6) is 0 Å². The van der Waals surface area contributed by atoms with Crippen LogP contribution < -0.4 is 28.3 Å². The van der Waals surface area contributed by atoms with Gasteiger partial charge in [-0.3, -0.25) is 6.58 Å². The first-order valence-corrected chi connectivity index (χ1v) is 18.7. The van der Waals surface area contributed by atoms with Crippen molar-refractivity contribution in [2.75, 3.05) is 5.34 Å². The van der Waals surface area contributed by atoms with Crippen LogP contribution in [0.3, 0.4) is 0 Å². The van der Waals surface area contributed by atoms with Crippen molar-refractivity contribution in [2.45, 2.75) is 4.90 Å². The first-order chi connectivity index (χ1) is 23.7. The van der Waals surface area contributed by atoms with Crippen molar-refractivity contribution in [1.29, 1.82) is 0 Å². The molecule has 0 bridgehead atoms. The van der Waals surface area contributed by atoms with Gasteiger partial charge in [-0.1, -0.05) is 174 Å². The van der Waals surface area contributed by atoms with E-state index in [0.29, 0.717) is 0 Å². The summed E-state index contributed by atoms with van der Waals surface area (Å²) in [6.07, 6.45) is 0. The van der Waals surface area contributed by atoms with Gasteiger partial charge in [0.05, 0.1) is 5.34 Å². The molecule has 0 saturated heterocycles. The van der Waals surface area contributed by atoms with Crippen molar-refractivity contribution < 1.29 is 32.5 Å². The maximum atomic E-state index is 6.40. The molecule has 0 radical (unpaired) electrons. The fourth-order valence-electron chi connectivity index (χ4n) is 5.17. The first kappa shape index (κ1) is 41.1. The van der Waals surface area contributed by atoms with E-state index in [9.17, 15) is 0 Å². The van der Waals surface area contributed by atoms with Gasteiger partial charge in [-0.2, -0.15) is 10.5 Å². The number of hydrogen-bond donors (Lipinski definition) is 0. The molecule has 6 heteroatoms. The molecule has 7 aromatic rings. The van der Waals surface area contributed by atoms with E-state index in [0.717, 1.165) is 10.5 Å². The number of benzene rings is 6. The summed E-state index contributed by atoms with van der Waals surface area (Å²) in [5.74, 6) is 0. The van der Waals surface area contributed by atoms with Crippen molar-refractivity contribution in [3.63, 3.8) is 0 Å². The SMILES string of the molecule is ClCCl.[CH-]=C(Sc1cc(-c2ccccc2)c[c-]1-c1ccccc1)c1ccccc1.[Cl-].[Ir+3].c1ccc(P(c2ccccc2)c2ccccc2)cc1. The fraction of sp³-hybridized carbons (Fsp3) is 0.0227.